The fourth-order valence-corrected chi connectivity index (χ4v) is 4.85. The third-order valence-corrected chi connectivity index (χ3v) is 6.46. The Kier molecular flexibility index (Phi) is 4.49. The smallest absolute Gasteiger partial charge is 0.226 e. The second-order valence-electron chi connectivity index (χ2n) is 8.24. The highest BCUT2D eigenvalue weighted by molar-refractivity contribution is 6.28. The minimum atomic E-state index is 0.301. The number of hydrazine groups is 1. The molecular formula is C19H27ClN6. The second-order valence-corrected chi connectivity index (χ2v) is 8.58. The number of hydrogen-bond donors (Lipinski definition) is 1. The van der Waals surface area contributed by atoms with Gasteiger partial charge in [-0.1, -0.05) is 32.1 Å². The Morgan fingerprint density at radius 2 is 1.85 bits per heavy atom. The highest BCUT2D eigenvalue weighted by Crippen LogP contribution is 2.37. The maximum Gasteiger partial charge on any atom is 0.226 e. The van der Waals surface area contributed by atoms with Crippen molar-refractivity contribution < 1.29 is 0 Å². The van der Waals surface area contributed by atoms with Crippen LogP contribution >= 0.6 is 11.6 Å². The van der Waals surface area contributed by atoms with E-state index in [0.29, 0.717) is 17.4 Å². The van der Waals surface area contributed by atoms with Crippen LogP contribution < -0.4 is 5.43 Å². The molecule has 7 heteroatoms. The van der Waals surface area contributed by atoms with Gasteiger partial charge in [0.25, 0.3) is 0 Å². The number of nitrogens with one attached hydrogen (secondary N) is 1. The van der Waals surface area contributed by atoms with Crippen molar-refractivity contribution >= 4 is 28.6 Å². The van der Waals surface area contributed by atoms with E-state index in [4.69, 9.17) is 11.6 Å². The molecule has 1 atom stereocenters. The fourth-order valence-electron chi connectivity index (χ4n) is 4.68. The number of aromatic nitrogens is 4. The van der Waals surface area contributed by atoms with Gasteiger partial charge in [-0.25, -0.2) is 9.99 Å². The number of imidazole rings is 1. The number of anilines is 1. The van der Waals surface area contributed by atoms with Crippen molar-refractivity contribution in [3.63, 3.8) is 0 Å². The summed E-state index contributed by atoms with van der Waals surface area (Å²) in [4.78, 5) is 13.7. The van der Waals surface area contributed by atoms with Crippen molar-refractivity contribution in [2.45, 2.75) is 76.3 Å². The molecule has 0 amide bonds. The molecule has 1 unspecified atom stereocenters. The molecular weight excluding hydrogens is 348 g/mol. The summed E-state index contributed by atoms with van der Waals surface area (Å²) in [6.45, 7) is 1.06. The van der Waals surface area contributed by atoms with E-state index in [1.807, 2.05) is 6.33 Å². The van der Waals surface area contributed by atoms with E-state index in [1.165, 1.54) is 64.2 Å². The van der Waals surface area contributed by atoms with Gasteiger partial charge in [-0.05, 0) is 49.6 Å². The Hall–Kier alpha value is -1.40. The van der Waals surface area contributed by atoms with Gasteiger partial charge in [-0.2, -0.15) is 9.97 Å². The summed E-state index contributed by atoms with van der Waals surface area (Å²) >= 11 is 6.29. The van der Waals surface area contributed by atoms with Gasteiger partial charge in [0.1, 0.15) is 0 Å². The highest BCUT2D eigenvalue weighted by Gasteiger charge is 2.31. The second kappa shape index (κ2) is 6.97. The van der Waals surface area contributed by atoms with Gasteiger partial charge in [0.05, 0.1) is 6.33 Å². The predicted molar refractivity (Wildman–Crippen MR) is 103 cm³/mol. The molecule has 26 heavy (non-hydrogen) atoms. The molecule has 0 aromatic carbocycles. The summed E-state index contributed by atoms with van der Waals surface area (Å²) in [6, 6.07) is 1.09. The van der Waals surface area contributed by atoms with Gasteiger partial charge in [-0.3, -0.25) is 0 Å². The normalized spacial score (nSPS) is 25.2. The van der Waals surface area contributed by atoms with Crippen LogP contribution in [0.3, 0.4) is 0 Å². The average molecular weight is 375 g/mol. The third-order valence-electron chi connectivity index (χ3n) is 6.29. The summed E-state index contributed by atoms with van der Waals surface area (Å²) in [6.07, 6.45) is 14.8. The summed E-state index contributed by atoms with van der Waals surface area (Å²) in [5.41, 5.74) is 5.29. The van der Waals surface area contributed by atoms with E-state index >= 15 is 0 Å². The van der Waals surface area contributed by atoms with Crippen molar-refractivity contribution in [1.29, 1.82) is 0 Å². The molecule has 3 aliphatic rings. The van der Waals surface area contributed by atoms with E-state index in [9.17, 15) is 0 Å². The van der Waals surface area contributed by atoms with Crippen LogP contribution in [0, 0.1) is 5.92 Å². The van der Waals surface area contributed by atoms with Crippen LogP contribution in [0.2, 0.25) is 5.28 Å². The number of piperidine rings is 1. The van der Waals surface area contributed by atoms with Crippen LogP contribution in [0.4, 0.5) is 5.82 Å². The molecule has 140 valence electrons. The van der Waals surface area contributed by atoms with Crippen molar-refractivity contribution in [2.75, 3.05) is 12.0 Å². The molecule has 2 aliphatic carbocycles. The maximum absolute atomic E-state index is 6.29. The van der Waals surface area contributed by atoms with Crippen molar-refractivity contribution in [2.24, 2.45) is 5.92 Å². The Bertz CT molecular complexity index is 780. The summed E-state index contributed by atoms with van der Waals surface area (Å²) in [5, 5.41) is 2.68. The largest absolute Gasteiger partial charge is 0.312 e. The average Bonchev–Trinajstić information content (AvgIpc) is 3.12. The Labute approximate surface area is 159 Å². The van der Waals surface area contributed by atoms with Gasteiger partial charge in [0.15, 0.2) is 17.0 Å². The van der Waals surface area contributed by atoms with Gasteiger partial charge in [0.2, 0.25) is 5.28 Å². The lowest BCUT2D eigenvalue weighted by atomic mass is 9.99. The van der Waals surface area contributed by atoms with Crippen LogP contribution in [0.1, 0.15) is 70.3 Å². The standard InChI is InChI=1S/C19H27ClN6/c20-19-22-17(24-26-10-4-3-7-15(26)11-13-8-9-13)16-18(23-19)25(12-21-16)14-5-1-2-6-14/h12-15H,1-11H2,(H,22,23,24). The van der Waals surface area contributed by atoms with Crippen molar-refractivity contribution in [3.05, 3.63) is 11.6 Å². The lowest BCUT2D eigenvalue weighted by Crippen LogP contribution is -2.44. The zero-order valence-electron chi connectivity index (χ0n) is 15.2. The molecule has 6 nitrogen and oxygen atoms in total. The summed E-state index contributed by atoms with van der Waals surface area (Å²) in [7, 11) is 0. The van der Waals surface area contributed by atoms with Crippen molar-refractivity contribution in [3.8, 4) is 0 Å². The van der Waals surface area contributed by atoms with Gasteiger partial charge in [0, 0.05) is 18.6 Å². The number of rotatable bonds is 5. The summed E-state index contributed by atoms with van der Waals surface area (Å²) < 4.78 is 2.21. The zero-order chi connectivity index (χ0) is 17.5. The first-order valence-corrected chi connectivity index (χ1v) is 10.6. The van der Waals surface area contributed by atoms with Crippen LogP contribution in [0.15, 0.2) is 6.33 Å². The molecule has 0 bridgehead atoms. The van der Waals surface area contributed by atoms with E-state index < -0.39 is 0 Å². The zero-order valence-corrected chi connectivity index (χ0v) is 16.0. The molecule has 1 N–H and O–H groups in total. The Balaban J connectivity index is 1.44. The first kappa shape index (κ1) is 16.8. The molecule has 0 spiro atoms. The molecule has 5 rings (SSSR count). The monoisotopic (exact) mass is 374 g/mol. The quantitative estimate of drug-likeness (QED) is 0.776. The van der Waals surface area contributed by atoms with Crippen LogP contribution in [-0.2, 0) is 0 Å². The fraction of sp³-hybridized carbons (Fsp3) is 0.737. The van der Waals surface area contributed by atoms with Crippen molar-refractivity contribution in [1.82, 2.24) is 24.5 Å². The molecule has 3 fully saturated rings. The van der Waals surface area contributed by atoms with E-state index in [2.05, 4.69) is 30.0 Å². The topological polar surface area (TPSA) is 58.9 Å². The Morgan fingerprint density at radius 1 is 1.04 bits per heavy atom. The number of nitrogens with zero attached hydrogens (tertiary/aromatic N) is 5. The van der Waals surface area contributed by atoms with Gasteiger partial charge < -0.3 is 9.99 Å². The number of hydrogen-bond acceptors (Lipinski definition) is 5. The lowest BCUT2D eigenvalue weighted by Gasteiger charge is -2.36. The highest BCUT2D eigenvalue weighted by atomic mass is 35.5. The number of fused-ring (bicyclic) bond motifs is 1. The summed E-state index contributed by atoms with van der Waals surface area (Å²) in [5.74, 6) is 1.69. The molecule has 0 radical (unpaired) electrons. The Morgan fingerprint density at radius 3 is 2.65 bits per heavy atom. The first-order valence-electron chi connectivity index (χ1n) is 10.2. The number of halogens is 1. The maximum atomic E-state index is 6.29. The minimum absolute atomic E-state index is 0.301. The predicted octanol–water partition coefficient (Wildman–Crippen LogP) is 4.58. The molecule has 2 aromatic rings. The van der Waals surface area contributed by atoms with E-state index in [0.717, 1.165) is 29.4 Å². The van der Waals surface area contributed by atoms with Gasteiger partial charge >= 0.3 is 0 Å². The lowest BCUT2D eigenvalue weighted by molar-refractivity contribution is 0.167. The first-order chi connectivity index (χ1) is 12.8. The van der Waals surface area contributed by atoms with Crippen LogP contribution in [-0.4, -0.2) is 37.1 Å². The SMILES string of the molecule is Clc1nc(NN2CCCCC2CC2CC2)c2ncn(C3CCCC3)c2n1. The molecule has 1 saturated heterocycles. The van der Waals surface area contributed by atoms with Crippen LogP contribution in [0.5, 0.6) is 0 Å². The molecule has 2 saturated carbocycles. The van der Waals surface area contributed by atoms with E-state index in [1.54, 1.807) is 0 Å². The van der Waals surface area contributed by atoms with Crippen LogP contribution in [0.25, 0.3) is 11.2 Å². The third kappa shape index (κ3) is 3.29. The molecule has 1 aliphatic heterocycles. The molecule has 2 aromatic heterocycles. The molecule has 3 heterocycles. The van der Waals surface area contributed by atoms with Gasteiger partial charge in [-0.15, -0.1) is 0 Å². The minimum Gasteiger partial charge on any atom is -0.312 e. The van der Waals surface area contributed by atoms with E-state index in [-0.39, 0.29) is 0 Å².